The van der Waals surface area contributed by atoms with Crippen molar-refractivity contribution >= 4 is 5.97 Å². The Morgan fingerprint density at radius 2 is 1.85 bits per heavy atom. The summed E-state index contributed by atoms with van der Waals surface area (Å²) in [6.45, 7) is 6.60. The summed E-state index contributed by atoms with van der Waals surface area (Å²) in [5.41, 5.74) is 1.32. The Hall–Kier alpha value is -1.39. The molecule has 0 amide bonds. The quantitative estimate of drug-likeness (QED) is 0.863. The summed E-state index contributed by atoms with van der Waals surface area (Å²) in [5, 5.41) is 9.30. The number of hydrogen-bond acceptors (Lipinski definition) is 3. The van der Waals surface area contributed by atoms with Crippen LogP contribution in [0.25, 0.3) is 0 Å². The Balaban J connectivity index is 1.84. The average molecular weight is 276 g/mol. The molecular weight excluding hydrogens is 252 g/mol. The van der Waals surface area contributed by atoms with E-state index in [9.17, 15) is 9.90 Å². The van der Waals surface area contributed by atoms with Crippen LogP contribution in [0.1, 0.15) is 25.3 Å². The van der Waals surface area contributed by atoms with Crippen LogP contribution < -0.4 is 0 Å². The monoisotopic (exact) mass is 276 g/mol. The summed E-state index contributed by atoms with van der Waals surface area (Å²) in [7, 11) is 0. The topological polar surface area (TPSA) is 43.8 Å². The lowest BCUT2D eigenvalue weighted by Gasteiger charge is -2.37. The first-order chi connectivity index (χ1) is 9.70. The van der Waals surface area contributed by atoms with E-state index in [0.29, 0.717) is 0 Å². The number of piperazine rings is 1. The van der Waals surface area contributed by atoms with E-state index in [1.165, 1.54) is 5.56 Å². The van der Waals surface area contributed by atoms with E-state index in [1.807, 2.05) is 13.0 Å². The summed E-state index contributed by atoms with van der Waals surface area (Å²) < 4.78 is 0. The second-order valence-corrected chi connectivity index (χ2v) is 5.44. The summed E-state index contributed by atoms with van der Waals surface area (Å²) in [4.78, 5) is 15.8. The van der Waals surface area contributed by atoms with Gasteiger partial charge in [-0.25, -0.2) is 0 Å². The van der Waals surface area contributed by atoms with Crippen LogP contribution >= 0.6 is 0 Å². The number of rotatable bonds is 6. The first-order valence-electron chi connectivity index (χ1n) is 7.44. The second-order valence-electron chi connectivity index (χ2n) is 5.44. The van der Waals surface area contributed by atoms with Crippen molar-refractivity contribution in [3.05, 3.63) is 35.9 Å². The molecule has 1 saturated heterocycles. The molecule has 1 heterocycles. The van der Waals surface area contributed by atoms with Gasteiger partial charge < -0.3 is 5.11 Å². The molecular formula is C16H24N2O2. The molecule has 1 aromatic carbocycles. The van der Waals surface area contributed by atoms with Gasteiger partial charge in [0, 0.05) is 32.7 Å². The first-order valence-corrected chi connectivity index (χ1v) is 7.44. The number of aliphatic carboxylic acids is 1. The Morgan fingerprint density at radius 1 is 1.20 bits per heavy atom. The molecule has 0 bridgehead atoms. The molecule has 0 radical (unpaired) electrons. The molecule has 1 aliphatic heterocycles. The van der Waals surface area contributed by atoms with Crippen LogP contribution in [-0.4, -0.2) is 53.1 Å². The molecule has 2 rings (SSSR count). The molecule has 0 aromatic heterocycles. The third-order valence-electron chi connectivity index (χ3n) is 3.94. The van der Waals surface area contributed by atoms with E-state index in [1.54, 1.807) is 0 Å². The largest absolute Gasteiger partial charge is 0.480 e. The number of hydrogen-bond donors (Lipinski definition) is 1. The zero-order chi connectivity index (χ0) is 14.4. The maximum Gasteiger partial charge on any atom is 0.320 e. The van der Waals surface area contributed by atoms with E-state index in [0.717, 1.165) is 45.6 Å². The van der Waals surface area contributed by atoms with Crippen LogP contribution in [0.2, 0.25) is 0 Å². The van der Waals surface area contributed by atoms with Gasteiger partial charge in [-0.3, -0.25) is 14.6 Å². The van der Waals surface area contributed by atoms with Gasteiger partial charge in [-0.05, 0) is 12.0 Å². The molecule has 110 valence electrons. The maximum atomic E-state index is 11.3. The Morgan fingerprint density at radius 3 is 2.40 bits per heavy atom. The van der Waals surface area contributed by atoms with E-state index in [2.05, 4.69) is 34.1 Å². The van der Waals surface area contributed by atoms with Crippen LogP contribution in [0.4, 0.5) is 0 Å². The summed E-state index contributed by atoms with van der Waals surface area (Å²) in [5.74, 6) is -0.677. The molecule has 4 heteroatoms. The lowest BCUT2D eigenvalue weighted by atomic mass is 10.1. The highest BCUT2D eigenvalue weighted by Gasteiger charge is 2.27. The highest BCUT2D eigenvalue weighted by molar-refractivity contribution is 5.73. The fraction of sp³-hybridized carbons (Fsp3) is 0.562. The lowest BCUT2D eigenvalue weighted by Crippen LogP contribution is -2.52. The fourth-order valence-electron chi connectivity index (χ4n) is 2.81. The van der Waals surface area contributed by atoms with E-state index >= 15 is 0 Å². The van der Waals surface area contributed by atoms with E-state index < -0.39 is 5.97 Å². The molecule has 0 unspecified atom stereocenters. The molecule has 0 aliphatic carbocycles. The number of carboxylic acid groups (broad SMARTS) is 1. The van der Waals surface area contributed by atoms with Crippen LogP contribution in [0, 0.1) is 0 Å². The highest BCUT2D eigenvalue weighted by Crippen LogP contribution is 2.13. The van der Waals surface area contributed by atoms with Crippen LogP contribution in [0.15, 0.2) is 30.3 Å². The number of carbonyl (C=O) groups is 1. The first kappa shape index (κ1) is 15.0. The Kier molecular flexibility index (Phi) is 5.56. The molecule has 1 aromatic rings. The number of benzene rings is 1. The van der Waals surface area contributed by atoms with E-state index in [-0.39, 0.29) is 6.04 Å². The smallest absolute Gasteiger partial charge is 0.320 e. The molecule has 0 spiro atoms. The van der Waals surface area contributed by atoms with Crippen LogP contribution in [-0.2, 0) is 11.3 Å². The van der Waals surface area contributed by atoms with Gasteiger partial charge in [0.25, 0.3) is 0 Å². The van der Waals surface area contributed by atoms with Crippen molar-refractivity contribution in [2.75, 3.05) is 26.2 Å². The van der Waals surface area contributed by atoms with Gasteiger partial charge in [0.15, 0.2) is 0 Å². The fourth-order valence-corrected chi connectivity index (χ4v) is 2.81. The molecule has 20 heavy (non-hydrogen) atoms. The van der Waals surface area contributed by atoms with Gasteiger partial charge in [-0.2, -0.15) is 0 Å². The van der Waals surface area contributed by atoms with Crippen molar-refractivity contribution in [2.45, 2.75) is 32.4 Å². The standard InChI is InChI=1S/C16H24N2O2/c1-2-6-15(16(19)20)18-11-9-17(10-12-18)13-14-7-4-3-5-8-14/h3-5,7-8,15H,2,6,9-13H2,1H3,(H,19,20)/t15-/m0/s1. The van der Waals surface area contributed by atoms with E-state index in [4.69, 9.17) is 0 Å². The van der Waals surface area contributed by atoms with Gasteiger partial charge in [-0.1, -0.05) is 43.7 Å². The minimum absolute atomic E-state index is 0.307. The summed E-state index contributed by atoms with van der Waals surface area (Å²) >= 11 is 0. The predicted octanol–water partition coefficient (Wildman–Crippen LogP) is 2.06. The predicted molar refractivity (Wildman–Crippen MR) is 79.6 cm³/mol. The van der Waals surface area contributed by atoms with Crippen LogP contribution in [0.5, 0.6) is 0 Å². The average Bonchev–Trinajstić information content (AvgIpc) is 2.47. The lowest BCUT2D eigenvalue weighted by molar-refractivity contribution is -0.144. The zero-order valence-corrected chi connectivity index (χ0v) is 12.2. The SMILES string of the molecule is CCC[C@@H](C(=O)O)N1CCN(Cc2ccccc2)CC1. The van der Waals surface area contributed by atoms with Gasteiger partial charge >= 0.3 is 5.97 Å². The summed E-state index contributed by atoms with van der Waals surface area (Å²) in [6.07, 6.45) is 1.66. The van der Waals surface area contributed by atoms with Crippen molar-refractivity contribution in [3.63, 3.8) is 0 Å². The maximum absolute atomic E-state index is 11.3. The third-order valence-corrected chi connectivity index (χ3v) is 3.94. The van der Waals surface area contributed by atoms with Crippen molar-refractivity contribution < 1.29 is 9.90 Å². The highest BCUT2D eigenvalue weighted by atomic mass is 16.4. The van der Waals surface area contributed by atoms with Crippen molar-refractivity contribution in [3.8, 4) is 0 Å². The van der Waals surface area contributed by atoms with Crippen molar-refractivity contribution in [1.82, 2.24) is 9.80 Å². The Bertz CT molecular complexity index is 414. The molecule has 1 fully saturated rings. The van der Waals surface area contributed by atoms with Gasteiger partial charge in [-0.15, -0.1) is 0 Å². The van der Waals surface area contributed by atoms with Gasteiger partial charge in [0.1, 0.15) is 6.04 Å². The minimum atomic E-state index is -0.677. The molecule has 4 nitrogen and oxygen atoms in total. The minimum Gasteiger partial charge on any atom is -0.480 e. The van der Waals surface area contributed by atoms with Gasteiger partial charge in [0.2, 0.25) is 0 Å². The van der Waals surface area contributed by atoms with Gasteiger partial charge in [0.05, 0.1) is 0 Å². The van der Waals surface area contributed by atoms with Crippen molar-refractivity contribution in [2.24, 2.45) is 0 Å². The molecule has 1 N–H and O–H groups in total. The van der Waals surface area contributed by atoms with Crippen molar-refractivity contribution in [1.29, 1.82) is 0 Å². The second kappa shape index (κ2) is 7.41. The summed E-state index contributed by atoms with van der Waals surface area (Å²) in [6, 6.07) is 10.1. The van der Waals surface area contributed by atoms with Crippen LogP contribution in [0.3, 0.4) is 0 Å². The molecule has 1 aliphatic rings. The third kappa shape index (κ3) is 4.05. The molecule has 1 atom stereocenters. The number of carboxylic acids is 1. The normalized spacial score (nSPS) is 18.9. The Labute approximate surface area is 121 Å². The number of nitrogens with zero attached hydrogens (tertiary/aromatic N) is 2. The molecule has 0 saturated carbocycles. The zero-order valence-electron chi connectivity index (χ0n) is 12.2.